The highest BCUT2D eigenvalue weighted by Gasteiger charge is 2.12. The number of anilines is 2. The third-order valence-electron chi connectivity index (χ3n) is 4.19. The summed E-state index contributed by atoms with van der Waals surface area (Å²) in [5.74, 6) is 1.40. The van der Waals surface area contributed by atoms with Crippen molar-refractivity contribution in [3.63, 3.8) is 0 Å². The van der Waals surface area contributed by atoms with E-state index in [0.717, 1.165) is 6.42 Å². The van der Waals surface area contributed by atoms with Crippen LogP contribution in [0.25, 0.3) is 0 Å². The van der Waals surface area contributed by atoms with Crippen molar-refractivity contribution < 1.29 is 19.1 Å². The van der Waals surface area contributed by atoms with Gasteiger partial charge in [-0.25, -0.2) is 4.79 Å². The van der Waals surface area contributed by atoms with E-state index in [-0.39, 0.29) is 11.9 Å². The molecule has 0 aliphatic carbocycles. The smallest absolute Gasteiger partial charge is 0.319 e. The van der Waals surface area contributed by atoms with E-state index in [9.17, 15) is 9.59 Å². The van der Waals surface area contributed by atoms with Crippen molar-refractivity contribution >= 4 is 23.3 Å². The molecule has 3 N–H and O–H groups in total. The second kappa shape index (κ2) is 11.5. The lowest BCUT2D eigenvalue weighted by molar-refractivity contribution is 0.102. The van der Waals surface area contributed by atoms with Crippen molar-refractivity contribution in [3.05, 3.63) is 60.7 Å². The highest BCUT2D eigenvalue weighted by Crippen LogP contribution is 2.29. The van der Waals surface area contributed by atoms with Crippen LogP contribution in [-0.2, 0) is 0 Å². The lowest BCUT2D eigenvalue weighted by atomic mass is 10.1. The first-order chi connectivity index (χ1) is 14.4. The van der Waals surface area contributed by atoms with Gasteiger partial charge in [0.15, 0.2) is 11.5 Å². The fourth-order valence-electron chi connectivity index (χ4n) is 2.51. The summed E-state index contributed by atoms with van der Waals surface area (Å²) in [5, 5.41) is 8.14. The molecule has 160 valence electrons. The van der Waals surface area contributed by atoms with Crippen molar-refractivity contribution in [2.24, 2.45) is 5.92 Å². The number of nitrogens with one attached hydrogen (secondary N) is 3. The van der Waals surface area contributed by atoms with Crippen LogP contribution in [0.2, 0.25) is 0 Å². The quantitative estimate of drug-likeness (QED) is 0.495. The van der Waals surface area contributed by atoms with Gasteiger partial charge in [-0.05, 0) is 54.8 Å². The van der Waals surface area contributed by atoms with Gasteiger partial charge < -0.3 is 25.4 Å². The van der Waals surface area contributed by atoms with Gasteiger partial charge in [-0.1, -0.05) is 19.9 Å². The van der Waals surface area contributed by atoms with Crippen LogP contribution in [0, 0.1) is 5.92 Å². The molecule has 2 aromatic rings. The Labute approximate surface area is 177 Å². The monoisotopic (exact) mass is 411 g/mol. The van der Waals surface area contributed by atoms with Gasteiger partial charge in [0.25, 0.3) is 5.91 Å². The third-order valence-corrected chi connectivity index (χ3v) is 4.19. The van der Waals surface area contributed by atoms with Gasteiger partial charge in [0.05, 0.1) is 13.7 Å². The van der Waals surface area contributed by atoms with Crippen LogP contribution >= 0.6 is 0 Å². The number of hydrogen-bond donors (Lipinski definition) is 3. The number of ether oxygens (including phenoxy) is 2. The molecule has 0 aromatic heterocycles. The zero-order chi connectivity index (χ0) is 21.9. The summed E-state index contributed by atoms with van der Waals surface area (Å²) < 4.78 is 11.1. The molecule has 7 nitrogen and oxygen atoms in total. The lowest BCUT2D eigenvalue weighted by Gasteiger charge is -2.13. The molecule has 0 heterocycles. The molecule has 0 spiro atoms. The van der Waals surface area contributed by atoms with E-state index in [1.54, 1.807) is 55.7 Å². The minimum absolute atomic E-state index is 0.272. The molecule has 7 heteroatoms. The Morgan fingerprint density at radius 1 is 1.03 bits per heavy atom. The minimum atomic E-state index is -0.325. The van der Waals surface area contributed by atoms with E-state index in [4.69, 9.17) is 9.47 Å². The van der Waals surface area contributed by atoms with Crippen LogP contribution in [0.1, 0.15) is 30.6 Å². The van der Waals surface area contributed by atoms with E-state index < -0.39 is 0 Å². The molecule has 2 aromatic carbocycles. The minimum Gasteiger partial charge on any atom is -0.493 e. The van der Waals surface area contributed by atoms with Crippen molar-refractivity contribution in [3.8, 4) is 11.5 Å². The Morgan fingerprint density at radius 3 is 2.30 bits per heavy atom. The van der Waals surface area contributed by atoms with E-state index in [1.807, 2.05) is 0 Å². The zero-order valence-corrected chi connectivity index (χ0v) is 17.7. The maximum atomic E-state index is 12.6. The molecule has 30 heavy (non-hydrogen) atoms. The topological polar surface area (TPSA) is 88.7 Å². The maximum absolute atomic E-state index is 12.6. The van der Waals surface area contributed by atoms with Gasteiger partial charge in [0, 0.05) is 23.5 Å². The van der Waals surface area contributed by atoms with Crippen LogP contribution in [0.15, 0.2) is 55.1 Å². The van der Waals surface area contributed by atoms with Crippen LogP contribution < -0.4 is 25.4 Å². The maximum Gasteiger partial charge on any atom is 0.319 e. The molecule has 0 aliphatic heterocycles. The normalized spacial score (nSPS) is 10.3. The number of urea groups is 1. The SMILES string of the molecule is C=CCNC(=O)Nc1ccc(NC(=O)c2ccc(OCCC(C)C)c(OC)c2)cc1. The predicted molar refractivity (Wildman–Crippen MR) is 120 cm³/mol. The lowest BCUT2D eigenvalue weighted by Crippen LogP contribution is -2.28. The second-order valence-electron chi connectivity index (χ2n) is 7.05. The summed E-state index contributed by atoms with van der Waals surface area (Å²) in [6.07, 6.45) is 2.53. The average molecular weight is 412 g/mol. The summed E-state index contributed by atoms with van der Waals surface area (Å²) in [7, 11) is 1.54. The number of methoxy groups -OCH3 is 1. The first kappa shape index (κ1) is 22.8. The van der Waals surface area contributed by atoms with Crippen LogP contribution in [0.4, 0.5) is 16.2 Å². The Balaban J connectivity index is 1.98. The molecule has 2 rings (SSSR count). The van der Waals surface area contributed by atoms with Gasteiger partial charge >= 0.3 is 6.03 Å². The van der Waals surface area contributed by atoms with Gasteiger partial charge in [-0.2, -0.15) is 0 Å². The first-order valence-electron chi connectivity index (χ1n) is 9.81. The Bertz CT molecular complexity index is 863. The largest absolute Gasteiger partial charge is 0.493 e. The number of rotatable bonds is 10. The molecule has 0 atom stereocenters. The van der Waals surface area contributed by atoms with Gasteiger partial charge in [0.1, 0.15) is 0 Å². The Kier molecular flexibility index (Phi) is 8.75. The number of benzene rings is 2. The Hall–Kier alpha value is -3.48. The summed E-state index contributed by atoms with van der Waals surface area (Å²) in [6, 6.07) is 11.6. The summed E-state index contributed by atoms with van der Waals surface area (Å²) in [6.45, 7) is 8.78. The summed E-state index contributed by atoms with van der Waals surface area (Å²) in [5.41, 5.74) is 1.67. The van der Waals surface area contributed by atoms with Gasteiger partial charge in [-0.3, -0.25) is 4.79 Å². The molecule has 0 bridgehead atoms. The van der Waals surface area contributed by atoms with Crippen molar-refractivity contribution in [1.29, 1.82) is 0 Å². The van der Waals surface area contributed by atoms with Crippen molar-refractivity contribution in [2.45, 2.75) is 20.3 Å². The molecule has 0 aliphatic rings. The summed E-state index contributed by atoms with van der Waals surface area (Å²) in [4.78, 5) is 24.2. The molecule has 0 saturated heterocycles. The number of carbonyl (C=O) groups excluding carboxylic acids is 2. The van der Waals surface area contributed by atoms with Crippen LogP contribution in [0.3, 0.4) is 0 Å². The fourth-order valence-corrected chi connectivity index (χ4v) is 2.51. The second-order valence-corrected chi connectivity index (χ2v) is 7.05. The molecule has 0 saturated carbocycles. The standard InChI is InChI=1S/C23H29N3O4/c1-5-13-24-23(28)26-19-9-7-18(8-10-19)25-22(27)17-6-11-20(21(15-17)29-4)30-14-12-16(2)3/h5-11,15-16H,1,12-14H2,2-4H3,(H,25,27)(H2,24,26,28). The van der Waals surface area contributed by atoms with Gasteiger partial charge in [0.2, 0.25) is 0 Å². The van der Waals surface area contributed by atoms with E-state index in [0.29, 0.717) is 47.5 Å². The number of hydrogen-bond acceptors (Lipinski definition) is 4. The molecule has 0 unspecified atom stereocenters. The van der Waals surface area contributed by atoms with Crippen molar-refractivity contribution in [2.75, 3.05) is 30.9 Å². The highest BCUT2D eigenvalue weighted by molar-refractivity contribution is 6.04. The first-order valence-corrected chi connectivity index (χ1v) is 9.81. The number of carbonyl (C=O) groups is 2. The average Bonchev–Trinajstić information content (AvgIpc) is 2.73. The molecule has 0 fully saturated rings. The van der Waals surface area contributed by atoms with E-state index >= 15 is 0 Å². The Morgan fingerprint density at radius 2 is 1.70 bits per heavy atom. The van der Waals surface area contributed by atoms with E-state index in [1.165, 1.54) is 0 Å². The highest BCUT2D eigenvalue weighted by atomic mass is 16.5. The fraction of sp³-hybridized carbons (Fsp3) is 0.304. The zero-order valence-electron chi connectivity index (χ0n) is 17.7. The molecular formula is C23H29N3O4. The predicted octanol–water partition coefficient (Wildman–Crippen LogP) is 4.68. The van der Waals surface area contributed by atoms with Crippen LogP contribution in [0.5, 0.6) is 11.5 Å². The van der Waals surface area contributed by atoms with Crippen molar-refractivity contribution in [1.82, 2.24) is 5.32 Å². The van der Waals surface area contributed by atoms with Gasteiger partial charge in [-0.15, -0.1) is 6.58 Å². The summed E-state index contributed by atoms with van der Waals surface area (Å²) >= 11 is 0. The number of amides is 3. The molecule has 3 amide bonds. The van der Waals surface area contributed by atoms with E-state index in [2.05, 4.69) is 36.4 Å². The molecule has 0 radical (unpaired) electrons. The third kappa shape index (κ3) is 7.16. The van der Waals surface area contributed by atoms with Crippen LogP contribution in [-0.4, -0.2) is 32.2 Å². The molecular weight excluding hydrogens is 382 g/mol.